The number of nitrogens with one attached hydrogen (secondary N) is 1. The first-order valence-electron chi connectivity index (χ1n) is 8.51. The molecule has 1 fully saturated rings. The smallest absolute Gasteiger partial charge is 0.410 e. The zero-order valence-corrected chi connectivity index (χ0v) is 14.9. The van der Waals surface area contributed by atoms with E-state index < -0.39 is 5.60 Å². The number of likely N-dealkylation sites (tertiary alicyclic amines) is 1. The van der Waals surface area contributed by atoms with Crippen LogP contribution in [0.2, 0.25) is 0 Å². The molecule has 0 bridgehead atoms. The highest BCUT2D eigenvalue weighted by molar-refractivity contribution is 5.68. The molecule has 0 radical (unpaired) electrons. The Morgan fingerprint density at radius 3 is 2.72 bits per heavy atom. The Balaban J connectivity index is 1.54. The Kier molecular flexibility index (Phi) is 4.92. The van der Waals surface area contributed by atoms with Crippen molar-refractivity contribution in [2.45, 2.75) is 45.3 Å². The molecule has 0 atom stereocenters. The number of carbonyl (C=O) groups is 1. The van der Waals surface area contributed by atoms with Crippen LogP contribution in [-0.4, -0.2) is 45.7 Å². The fourth-order valence-corrected chi connectivity index (χ4v) is 2.74. The molecule has 1 aliphatic heterocycles. The predicted molar refractivity (Wildman–Crippen MR) is 94.2 cm³/mol. The quantitative estimate of drug-likeness (QED) is 0.917. The molecular weight excluding hydrogens is 320 g/mol. The van der Waals surface area contributed by atoms with Crippen LogP contribution in [0.5, 0.6) is 0 Å². The number of rotatable bonds is 3. The zero-order chi connectivity index (χ0) is 17.9. The van der Waals surface area contributed by atoms with Gasteiger partial charge >= 0.3 is 6.09 Å². The third-order valence-corrected chi connectivity index (χ3v) is 3.94. The molecule has 1 saturated heterocycles. The maximum atomic E-state index is 12.1. The summed E-state index contributed by atoms with van der Waals surface area (Å²) in [4.78, 5) is 22.4. The van der Waals surface area contributed by atoms with Crippen LogP contribution < -0.4 is 5.32 Å². The van der Waals surface area contributed by atoms with E-state index in [1.54, 1.807) is 11.2 Å². The maximum Gasteiger partial charge on any atom is 0.410 e. The molecule has 3 heterocycles. The van der Waals surface area contributed by atoms with Gasteiger partial charge in [-0.05, 0) is 45.7 Å². The van der Waals surface area contributed by atoms with Gasteiger partial charge in [-0.3, -0.25) is 0 Å². The van der Waals surface area contributed by atoms with Crippen molar-refractivity contribution in [3.63, 3.8) is 0 Å². The Morgan fingerprint density at radius 2 is 2.08 bits per heavy atom. The molecule has 0 spiro atoms. The third kappa shape index (κ3) is 4.71. The third-order valence-electron chi connectivity index (χ3n) is 3.94. The van der Waals surface area contributed by atoms with Crippen molar-refractivity contribution < 1.29 is 13.9 Å². The van der Waals surface area contributed by atoms with E-state index in [2.05, 4.69) is 15.3 Å². The van der Waals surface area contributed by atoms with Gasteiger partial charge < -0.3 is 19.4 Å². The summed E-state index contributed by atoms with van der Waals surface area (Å²) in [6, 6.07) is 5.83. The second kappa shape index (κ2) is 7.13. The predicted octanol–water partition coefficient (Wildman–Crippen LogP) is 3.55. The summed E-state index contributed by atoms with van der Waals surface area (Å²) in [6.45, 7) is 6.98. The van der Waals surface area contributed by atoms with Crippen LogP contribution in [0.4, 0.5) is 10.6 Å². The Morgan fingerprint density at radius 1 is 1.32 bits per heavy atom. The number of piperidine rings is 1. The average Bonchev–Trinajstić information content (AvgIpc) is 3.09. The first-order valence-corrected chi connectivity index (χ1v) is 8.51. The Labute approximate surface area is 147 Å². The molecule has 1 aliphatic rings. The first-order chi connectivity index (χ1) is 11.9. The van der Waals surface area contributed by atoms with Gasteiger partial charge in [-0.15, -0.1) is 0 Å². The van der Waals surface area contributed by atoms with E-state index in [1.807, 2.05) is 39.0 Å². The molecule has 7 nitrogen and oxygen atoms in total. The number of furan rings is 1. The van der Waals surface area contributed by atoms with Gasteiger partial charge in [0.05, 0.1) is 6.26 Å². The molecular formula is C18H24N4O3. The average molecular weight is 344 g/mol. The van der Waals surface area contributed by atoms with E-state index >= 15 is 0 Å². The van der Waals surface area contributed by atoms with Crippen LogP contribution in [-0.2, 0) is 4.74 Å². The minimum absolute atomic E-state index is 0.243. The lowest BCUT2D eigenvalue weighted by Gasteiger charge is -2.33. The van der Waals surface area contributed by atoms with Crippen LogP contribution in [0.25, 0.3) is 11.5 Å². The molecule has 0 aliphatic carbocycles. The van der Waals surface area contributed by atoms with Gasteiger partial charge in [0.1, 0.15) is 23.4 Å². The lowest BCUT2D eigenvalue weighted by Crippen LogP contribution is -2.44. The maximum absolute atomic E-state index is 12.1. The molecule has 2 aromatic rings. The molecule has 2 aromatic heterocycles. The minimum atomic E-state index is -0.463. The van der Waals surface area contributed by atoms with Crippen molar-refractivity contribution >= 4 is 11.9 Å². The fraction of sp³-hybridized carbons (Fsp3) is 0.500. The number of hydrogen-bond acceptors (Lipinski definition) is 6. The van der Waals surface area contributed by atoms with Gasteiger partial charge in [-0.1, -0.05) is 0 Å². The number of hydrogen-bond donors (Lipinski definition) is 1. The van der Waals surface area contributed by atoms with Crippen LogP contribution in [0, 0.1) is 0 Å². The summed E-state index contributed by atoms with van der Waals surface area (Å²) < 4.78 is 10.8. The number of carbonyl (C=O) groups excluding carboxylic acids is 1. The van der Waals surface area contributed by atoms with Gasteiger partial charge in [-0.25, -0.2) is 14.8 Å². The standard InChI is InChI=1S/C18H24N4O3/c1-18(2,3)25-17(23)22-8-6-13(7-9-22)21-16-11-14(19-12-20-16)15-5-4-10-24-15/h4-5,10-13H,6-9H2,1-3H3,(H,19,20,21). The topological polar surface area (TPSA) is 80.5 Å². The summed E-state index contributed by atoms with van der Waals surface area (Å²) in [5.41, 5.74) is 0.281. The van der Waals surface area contributed by atoms with Gasteiger partial charge in [0, 0.05) is 25.2 Å². The van der Waals surface area contributed by atoms with E-state index in [1.165, 1.54) is 6.33 Å². The monoisotopic (exact) mass is 344 g/mol. The summed E-state index contributed by atoms with van der Waals surface area (Å²) >= 11 is 0. The summed E-state index contributed by atoms with van der Waals surface area (Å²) in [5, 5.41) is 3.42. The van der Waals surface area contributed by atoms with Crippen LogP contribution in [0.15, 0.2) is 35.2 Å². The van der Waals surface area contributed by atoms with Crippen LogP contribution in [0.1, 0.15) is 33.6 Å². The number of nitrogens with zero attached hydrogens (tertiary/aromatic N) is 3. The first kappa shape index (κ1) is 17.3. The highest BCUT2D eigenvalue weighted by atomic mass is 16.6. The highest BCUT2D eigenvalue weighted by Gasteiger charge is 2.27. The Bertz CT molecular complexity index is 701. The number of ether oxygens (including phenoxy) is 1. The fourth-order valence-electron chi connectivity index (χ4n) is 2.74. The number of amides is 1. The van der Waals surface area contributed by atoms with Gasteiger partial charge in [0.15, 0.2) is 5.76 Å². The van der Waals surface area contributed by atoms with Gasteiger partial charge in [0.25, 0.3) is 0 Å². The molecule has 1 amide bonds. The largest absolute Gasteiger partial charge is 0.463 e. The molecule has 134 valence electrons. The van der Waals surface area contributed by atoms with E-state index in [0.29, 0.717) is 18.8 Å². The molecule has 25 heavy (non-hydrogen) atoms. The normalized spacial score (nSPS) is 15.9. The zero-order valence-electron chi connectivity index (χ0n) is 14.9. The van der Waals surface area contributed by atoms with E-state index in [0.717, 1.165) is 24.4 Å². The van der Waals surface area contributed by atoms with Crippen LogP contribution >= 0.6 is 0 Å². The second-order valence-electron chi connectivity index (χ2n) is 7.15. The lowest BCUT2D eigenvalue weighted by molar-refractivity contribution is 0.0210. The lowest BCUT2D eigenvalue weighted by atomic mass is 10.1. The summed E-state index contributed by atoms with van der Waals surface area (Å²) in [7, 11) is 0. The summed E-state index contributed by atoms with van der Waals surface area (Å²) in [5.74, 6) is 1.47. The molecule has 3 rings (SSSR count). The molecule has 1 N–H and O–H groups in total. The van der Waals surface area contributed by atoms with Gasteiger partial charge in [-0.2, -0.15) is 0 Å². The molecule has 7 heteroatoms. The van der Waals surface area contributed by atoms with Crippen molar-refractivity contribution in [2.24, 2.45) is 0 Å². The number of anilines is 1. The molecule has 0 saturated carbocycles. The van der Waals surface area contributed by atoms with Crippen molar-refractivity contribution in [1.82, 2.24) is 14.9 Å². The van der Waals surface area contributed by atoms with E-state index in [4.69, 9.17) is 9.15 Å². The Hall–Kier alpha value is -2.57. The van der Waals surface area contributed by atoms with E-state index in [9.17, 15) is 4.79 Å². The highest BCUT2D eigenvalue weighted by Crippen LogP contribution is 2.21. The minimum Gasteiger partial charge on any atom is -0.463 e. The molecule has 0 aromatic carbocycles. The van der Waals surface area contributed by atoms with Gasteiger partial charge in [0.2, 0.25) is 0 Å². The van der Waals surface area contributed by atoms with Crippen molar-refractivity contribution in [3.05, 3.63) is 30.8 Å². The number of aromatic nitrogens is 2. The molecule has 0 unspecified atom stereocenters. The van der Waals surface area contributed by atoms with E-state index in [-0.39, 0.29) is 12.1 Å². The van der Waals surface area contributed by atoms with Crippen molar-refractivity contribution in [1.29, 1.82) is 0 Å². The van der Waals surface area contributed by atoms with Crippen LogP contribution in [0.3, 0.4) is 0 Å². The summed E-state index contributed by atoms with van der Waals surface area (Å²) in [6.07, 6.45) is 4.60. The second-order valence-corrected chi connectivity index (χ2v) is 7.15. The van der Waals surface area contributed by atoms with Crippen molar-refractivity contribution in [2.75, 3.05) is 18.4 Å². The SMILES string of the molecule is CC(C)(C)OC(=O)N1CCC(Nc2cc(-c3ccco3)ncn2)CC1. The van der Waals surface area contributed by atoms with Crippen molar-refractivity contribution in [3.8, 4) is 11.5 Å².